The number of hydrogen-bond acceptors (Lipinski definition) is 2. The van der Waals surface area contributed by atoms with Crippen molar-refractivity contribution in [3.8, 4) is 0 Å². The maximum absolute atomic E-state index is 6.23. The molecule has 0 aromatic rings. The van der Waals surface area contributed by atoms with Gasteiger partial charge < -0.3 is 9.31 Å². The van der Waals surface area contributed by atoms with Crippen molar-refractivity contribution in [2.75, 3.05) is 0 Å². The zero-order valence-corrected chi connectivity index (χ0v) is 11.5. The molecule has 2 nitrogen and oxygen atoms in total. The van der Waals surface area contributed by atoms with Crippen LogP contribution in [0.5, 0.6) is 0 Å². The van der Waals surface area contributed by atoms with Crippen LogP contribution in [0.15, 0.2) is 0 Å². The van der Waals surface area contributed by atoms with E-state index < -0.39 is 0 Å². The van der Waals surface area contributed by atoms with Crippen molar-refractivity contribution in [2.45, 2.75) is 76.3 Å². The summed E-state index contributed by atoms with van der Waals surface area (Å²) in [5.41, 5.74) is 0.434. The van der Waals surface area contributed by atoms with Gasteiger partial charge in [0, 0.05) is 5.31 Å². The highest BCUT2D eigenvalue weighted by atomic mass is 16.7. The maximum atomic E-state index is 6.23. The molecule has 4 saturated carbocycles. The lowest BCUT2D eigenvalue weighted by molar-refractivity contribution is -0.127. The van der Waals surface area contributed by atoms with E-state index in [9.17, 15) is 0 Å². The molecule has 0 N–H and O–H groups in total. The molecule has 0 unspecified atom stereocenters. The highest BCUT2D eigenvalue weighted by Crippen LogP contribution is 2.85. The molecule has 17 heavy (non-hydrogen) atoms. The first-order valence-corrected chi connectivity index (χ1v) is 7.14. The minimum absolute atomic E-state index is 0.0631. The lowest BCUT2D eigenvalue weighted by atomic mass is 9.23. The van der Waals surface area contributed by atoms with Gasteiger partial charge in [0.25, 0.3) is 0 Å². The second-order valence-electron chi connectivity index (χ2n) is 8.12. The molecule has 94 valence electrons. The Labute approximate surface area is 105 Å². The van der Waals surface area contributed by atoms with Crippen molar-refractivity contribution in [3.05, 3.63) is 0 Å². The van der Waals surface area contributed by atoms with Gasteiger partial charge >= 0.3 is 7.12 Å². The number of hydrogen-bond donors (Lipinski definition) is 0. The zero-order chi connectivity index (χ0) is 12.1. The molecule has 0 radical (unpaired) electrons. The third-order valence-electron chi connectivity index (χ3n) is 6.31. The molecule has 1 saturated heterocycles. The van der Waals surface area contributed by atoms with Gasteiger partial charge in [0.1, 0.15) is 0 Å². The highest BCUT2D eigenvalue weighted by Gasteiger charge is 2.78. The van der Waals surface area contributed by atoms with Gasteiger partial charge in [-0.1, -0.05) is 0 Å². The van der Waals surface area contributed by atoms with Crippen LogP contribution in [0.2, 0.25) is 5.31 Å². The van der Waals surface area contributed by atoms with Crippen molar-refractivity contribution >= 4 is 7.12 Å². The molecule has 0 aromatic heterocycles. The first-order valence-electron chi connectivity index (χ1n) is 7.14. The summed E-state index contributed by atoms with van der Waals surface area (Å²) in [6.07, 6.45) is 7.10. The Kier molecular flexibility index (Phi) is 1.68. The molecule has 4 aliphatic carbocycles. The molecule has 5 fully saturated rings. The molecule has 0 atom stereocenters. The Morgan fingerprint density at radius 3 is 1.76 bits per heavy atom. The minimum atomic E-state index is -0.153. The second kappa shape index (κ2) is 2.62. The quantitative estimate of drug-likeness (QED) is 0.681. The van der Waals surface area contributed by atoms with E-state index in [-0.39, 0.29) is 18.3 Å². The molecule has 5 rings (SSSR count). The van der Waals surface area contributed by atoms with Gasteiger partial charge in [-0.05, 0) is 71.1 Å². The van der Waals surface area contributed by atoms with Gasteiger partial charge in [0.2, 0.25) is 0 Å². The summed E-state index contributed by atoms with van der Waals surface area (Å²) in [6.45, 7) is 8.65. The second-order valence-corrected chi connectivity index (χ2v) is 8.12. The summed E-state index contributed by atoms with van der Waals surface area (Å²) < 4.78 is 12.5. The monoisotopic (exact) mass is 234 g/mol. The van der Waals surface area contributed by atoms with Crippen LogP contribution in [0.4, 0.5) is 0 Å². The van der Waals surface area contributed by atoms with E-state index in [2.05, 4.69) is 27.7 Å². The first kappa shape index (κ1) is 10.9. The highest BCUT2D eigenvalue weighted by molar-refractivity contribution is 6.51. The van der Waals surface area contributed by atoms with Crippen molar-refractivity contribution < 1.29 is 9.31 Å². The average Bonchev–Trinajstić information content (AvgIpc) is 2.76. The van der Waals surface area contributed by atoms with E-state index in [0.717, 1.165) is 11.3 Å². The number of rotatable bonds is 2. The molecule has 5 aliphatic rings. The predicted molar refractivity (Wildman–Crippen MR) is 67.8 cm³/mol. The predicted octanol–water partition coefficient (Wildman–Crippen LogP) is 3.41. The van der Waals surface area contributed by atoms with Crippen LogP contribution < -0.4 is 0 Å². The van der Waals surface area contributed by atoms with Crippen LogP contribution in [-0.2, 0) is 9.31 Å². The maximum Gasteiger partial charge on any atom is 0.464 e. The molecule has 3 heteroatoms. The van der Waals surface area contributed by atoms with Crippen LogP contribution in [-0.4, -0.2) is 18.3 Å². The Balaban J connectivity index is 1.49. The normalized spacial score (nSPS) is 49.8. The fraction of sp³-hybridized carbons (Fsp3) is 1.00. The van der Waals surface area contributed by atoms with E-state index >= 15 is 0 Å². The molecule has 0 aromatic carbocycles. The Bertz CT molecular complexity index is 348. The fourth-order valence-corrected chi connectivity index (χ4v) is 4.42. The molecule has 1 heterocycles. The fourth-order valence-electron chi connectivity index (χ4n) is 4.42. The zero-order valence-electron chi connectivity index (χ0n) is 11.5. The van der Waals surface area contributed by atoms with Crippen LogP contribution >= 0.6 is 0 Å². The Morgan fingerprint density at radius 2 is 1.35 bits per heavy atom. The topological polar surface area (TPSA) is 18.5 Å². The molecular formula is C14H23BO2. The molecule has 0 amide bonds. The standard InChI is InChI=1S/C14H23BO2/c1-11(2)12(3,4)17-15(16-11)14-7-13(8-14,9-14)10-5-6-10/h10H,5-9H2,1-4H3. The molecule has 1 aliphatic heterocycles. The van der Waals surface area contributed by atoms with E-state index in [1.54, 1.807) is 0 Å². The molecule has 0 spiro atoms. The van der Waals surface area contributed by atoms with E-state index in [0.29, 0.717) is 5.31 Å². The summed E-state index contributed by atoms with van der Waals surface area (Å²) in [5, 5.41) is 0.396. The van der Waals surface area contributed by atoms with Gasteiger partial charge in [-0.3, -0.25) is 0 Å². The largest absolute Gasteiger partial charge is 0.464 e. The van der Waals surface area contributed by atoms with Crippen molar-refractivity contribution in [1.29, 1.82) is 0 Å². The van der Waals surface area contributed by atoms with Gasteiger partial charge in [0.05, 0.1) is 11.2 Å². The summed E-state index contributed by atoms with van der Waals surface area (Å²) in [7, 11) is 0.0631. The van der Waals surface area contributed by atoms with Crippen LogP contribution in [0.1, 0.15) is 59.8 Å². The van der Waals surface area contributed by atoms with E-state index in [1.807, 2.05) is 0 Å². The van der Waals surface area contributed by atoms with Crippen molar-refractivity contribution in [1.82, 2.24) is 0 Å². The SMILES string of the molecule is CC1(C)OB(C23CC(C4CC4)(C2)C3)OC1(C)C. The third-order valence-corrected chi connectivity index (χ3v) is 6.31. The Hall–Kier alpha value is -0.0151. The summed E-state index contributed by atoms with van der Waals surface area (Å²) in [4.78, 5) is 0. The molecular weight excluding hydrogens is 211 g/mol. The summed E-state index contributed by atoms with van der Waals surface area (Å²) in [5.74, 6) is 1.06. The van der Waals surface area contributed by atoms with Crippen LogP contribution in [0.25, 0.3) is 0 Å². The smallest absolute Gasteiger partial charge is 0.403 e. The van der Waals surface area contributed by atoms with Crippen molar-refractivity contribution in [3.63, 3.8) is 0 Å². The average molecular weight is 234 g/mol. The van der Waals surface area contributed by atoms with E-state index in [1.165, 1.54) is 32.1 Å². The van der Waals surface area contributed by atoms with Gasteiger partial charge in [-0.25, -0.2) is 0 Å². The van der Waals surface area contributed by atoms with Gasteiger partial charge in [-0.15, -0.1) is 0 Å². The summed E-state index contributed by atoms with van der Waals surface area (Å²) in [6, 6.07) is 0. The van der Waals surface area contributed by atoms with Gasteiger partial charge in [0.15, 0.2) is 0 Å². The third kappa shape index (κ3) is 1.16. The van der Waals surface area contributed by atoms with E-state index in [4.69, 9.17) is 9.31 Å². The van der Waals surface area contributed by atoms with Crippen LogP contribution in [0, 0.1) is 11.3 Å². The van der Waals surface area contributed by atoms with Gasteiger partial charge in [-0.2, -0.15) is 0 Å². The minimum Gasteiger partial charge on any atom is -0.403 e. The Morgan fingerprint density at radius 1 is 0.882 bits per heavy atom. The lowest BCUT2D eigenvalue weighted by Crippen LogP contribution is -2.64. The molecule has 2 bridgehead atoms. The van der Waals surface area contributed by atoms with Crippen LogP contribution in [0.3, 0.4) is 0 Å². The lowest BCUT2D eigenvalue weighted by Gasteiger charge is -2.72. The summed E-state index contributed by atoms with van der Waals surface area (Å²) >= 11 is 0. The first-order chi connectivity index (χ1) is 7.79. The van der Waals surface area contributed by atoms with Crippen molar-refractivity contribution in [2.24, 2.45) is 11.3 Å².